The Bertz CT molecular complexity index is 334. The van der Waals surface area contributed by atoms with Crippen molar-refractivity contribution in [2.24, 2.45) is 11.7 Å². The normalized spacial score (nSPS) is 30.1. The fourth-order valence-corrected chi connectivity index (χ4v) is 2.89. The third-order valence-electron chi connectivity index (χ3n) is 3.86. The number of rotatable bonds is 3. The Labute approximate surface area is 104 Å². The van der Waals surface area contributed by atoms with Crippen LogP contribution in [0.15, 0.2) is 22.8 Å². The molecule has 0 bridgehead atoms. The summed E-state index contributed by atoms with van der Waals surface area (Å²) in [5.41, 5.74) is 6.16. The van der Waals surface area contributed by atoms with E-state index in [1.165, 1.54) is 12.8 Å². The number of piperidine rings is 1. The van der Waals surface area contributed by atoms with E-state index >= 15 is 0 Å². The molecule has 1 aliphatic heterocycles. The molecule has 1 aliphatic rings. The van der Waals surface area contributed by atoms with E-state index in [2.05, 4.69) is 25.7 Å². The molecule has 0 aliphatic carbocycles. The lowest BCUT2D eigenvalue weighted by atomic mass is 9.91. The van der Waals surface area contributed by atoms with Crippen LogP contribution in [0, 0.1) is 5.92 Å². The minimum Gasteiger partial charge on any atom is -0.468 e. The van der Waals surface area contributed by atoms with Gasteiger partial charge >= 0.3 is 0 Å². The highest BCUT2D eigenvalue weighted by molar-refractivity contribution is 5.08. The lowest BCUT2D eigenvalue weighted by molar-refractivity contribution is 0.0553. The van der Waals surface area contributed by atoms with E-state index in [-0.39, 0.29) is 12.1 Å². The monoisotopic (exact) mass is 236 g/mol. The molecule has 1 saturated heterocycles. The van der Waals surface area contributed by atoms with Crippen molar-refractivity contribution >= 4 is 0 Å². The van der Waals surface area contributed by atoms with Gasteiger partial charge in [0.2, 0.25) is 0 Å². The van der Waals surface area contributed by atoms with Crippen LogP contribution in [0.2, 0.25) is 0 Å². The molecule has 96 valence electrons. The molecule has 4 atom stereocenters. The first-order valence-electron chi connectivity index (χ1n) is 6.64. The fourth-order valence-electron chi connectivity index (χ4n) is 2.89. The summed E-state index contributed by atoms with van der Waals surface area (Å²) in [7, 11) is 0. The van der Waals surface area contributed by atoms with E-state index in [1.54, 1.807) is 6.26 Å². The molecule has 4 unspecified atom stereocenters. The van der Waals surface area contributed by atoms with Gasteiger partial charge in [0.1, 0.15) is 5.76 Å². The standard InChI is InChI=1S/C14H24N2O/c1-10-6-7-11(2)16(9-10)14(12(3)15)13-5-4-8-17-13/h4-5,8,10-12,14H,6-7,9,15H2,1-3H3. The lowest BCUT2D eigenvalue weighted by Gasteiger charge is -2.42. The van der Waals surface area contributed by atoms with Gasteiger partial charge in [-0.3, -0.25) is 4.90 Å². The number of nitrogens with two attached hydrogens (primary N) is 1. The topological polar surface area (TPSA) is 42.4 Å². The first-order chi connectivity index (χ1) is 8.09. The molecule has 1 aromatic heterocycles. The van der Waals surface area contributed by atoms with Crippen molar-refractivity contribution in [3.63, 3.8) is 0 Å². The van der Waals surface area contributed by atoms with Crippen LogP contribution in [-0.2, 0) is 0 Å². The Morgan fingerprint density at radius 3 is 2.76 bits per heavy atom. The van der Waals surface area contributed by atoms with Crippen LogP contribution in [0.25, 0.3) is 0 Å². The second-order valence-corrected chi connectivity index (χ2v) is 5.55. The highest BCUT2D eigenvalue weighted by Crippen LogP contribution is 2.32. The van der Waals surface area contributed by atoms with E-state index in [0.717, 1.165) is 18.2 Å². The molecule has 1 aromatic rings. The zero-order valence-electron chi connectivity index (χ0n) is 11.1. The van der Waals surface area contributed by atoms with E-state index < -0.39 is 0 Å². The quantitative estimate of drug-likeness (QED) is 0.877. The molecule has 1 fully saturated rings. The Hall–Kier alpha value is -0.800. The van der Waals surface area contributed by atoms with Crippen molar-refractivity contribution in [3.05, 3.63) is 24.2 Å². The third kappa shape index (κ3) is 2.72. The van der Waals surface area contributed by atoms with Gasteiger partial charge in [-0.2, -0.15) is 0 Å². The Morgan fingerprint density at radius 1 is 1.41 bits per heavy atom. The number of nitrogens with zero attached hydrogens (tertiary/aromatic N) is 1. The SMILES string of the molecule is CC1CCC(C)N(C(c2ccco2)C(C)N)C1. The largest absolute Gasteiger partial charge is 0.468 e. The molecule has 2 rings (SSSR count). The van der Waals surface area contributed by atoms with Gasteiger partial charge in [0, 0.05) is 18.6 Å². The Balaban J connectivity index is 2.20. The highest BCUT2D eigenvalue weighted by Gasteiger charge is 2.33. The predicted molar refractivity (Wildman–Crippen MR) is 69.7 cm³/mol. The smallest absolute Gasteiger partial charge is 0.122 e. The fraction of sp³-hybridized carbons (Fsp3) is 0.714. The zero-order valence-corrected chi connectivity index (χ0v) is 11.1. The first-order valence-corrected chi connectivity index (χ1v) is 6.64. The Kier molecular flexibility index (Phi) is 3.89. The average Bonchev–Trinajstić information content (AvgIpc) is 2.76. The number of furan rings is 1. The second kappa shape index (κ2) is 5.23. The molecule has 3 heteroatoms. The predicted octanol–water partition coefficient (Wildman–Crippen LogP) is 2.79. The van der Waals surface area contributed by atoms with Gasteiger partial charge in [-0.1, -0.05) is 6.92 Å². The van der Waals surface area contributed by atoms with Crippen LogP contribution < -0.4 is 5.73 Å². The summed E-state index contributed by atoms with van der Waals surface area (Å²) in [6.07, 6.45) is 4.31. The minimum absolute atomic E-state index is 0.0916. The summed E-state index contributed by atoms with van der Waals surface area (Å²) < 4.78 is 5.57. The van der Waals surface area contributed by atoms with Crippen LogP contribution in [0.5, 0.6) is 0 Å². The minimum atomic E-state index is 0.0916. The van der Waals surface area contributed by atoms with Gasteiger partial charge in [0.25, 0.3) is 0 Å². The number of likely N-dealkylation sites (tertiary alicyclic amines) is 1. The molecule has 0 spiro atoms. The van der Waals surface area contributed by atoms with Gasteiger partial charge in [-0.25, -0.2) is 0 Å². The summed E-state index contributed by atoms with van der Waals surface area (Å²) in [5.74, 6) is 1.75. The molecule has 2 N–H and O–H groups in total. The van der Waals surface area contributed by atoms with Crippen LogP contribution in [-0.4, -0.2) is 23.5 Å². The van der Waals surface area contributed by atoms with E-state index in [9.17, 15) is 0 Å². The number of hydrogen-bond acceptors (Lipinski definition) is 3. The number of hydrogen-bond donors (Lipinski definition) is 1. The van der Waals surface area contributed by atoms with E-state index in [1.807, 2.05) is 12.1 Å². The summed E-state index contributed by atoms with van der Waals surface area (Å²) >= 11 is 0. The molecule has 0 saturated carbocycles. The van der Waals surface area contributed by atoms with Crippen LogP contribution >= 0.6 is 0 Å². The molecule has 17 heavy (non-hydrogen) atoms. The molecular weight excluding hydrogens is 212 g/mol. The van der Waals surface area contributed by atoms with Crippen LogP contribution in [0.3, 0.4) is 0 Å². The molecule has 0 radical (unpaired) electrons. The molecule has 0 amide bonds. The summed E-state index contributed by atoms with van der Waals surface area (Å²) in [4.78, 5) is 2.51. The van der Waals surface area contributed by atoms with Gasteiger partial charge in [0.05, 0.1) is 12.3 Å². The van der Waals surface area contributed by atoms with Crippen molar-refractivity contribution in [2.75, 3.05) is 6.54 Å². The van der Waals surface area contributed by atoms with Gasteiger partial charge in [-0.15, -0.1) is 0 Å². The van der Waals surface area contributed by atoms with Gasteiger partial charge < -0.3 is 10.2 Å². The van der Waals surface area contributed by atoms with Gasteiger partial charge in [0.15, 0.2) is 0 Å². The van der Waals surface area contributed by atoms with Crippen molar-refractivity contribution in [1.82, 2.24) is 4.90 Å². The zero-order chi connectivity index (χ0) is 12.4. The van der Waals surface area contributed by atoms with Crippen LogP contribution in [0.4, 0.5) is 0 Å². The first kappa shape index (κ1) is 12.7. The molecule has 3 nitrogen and oxygen atoms in total. The highest BCUT2D eigenvalue weighted by atomic mass is 16.3. The van der Waals surface area contributed by atoms with Crippen LogP contribution in [0.1, 0.15) is 45.4 Å². The van der Waals surface area contributed by atoms with Crippen molar-refractivity contribution in [3.8, 4) is 0 Å². The maximum atomic E-state index is 6.16. The second-order valence-electron chi connectivity index (χ2n) is 5.55. The molecule has 0 aromatic carbocycles. The average molecular weight is 236 g/mol. The Morgan fingerprint density at radius 2 is 2.18 bits per heavy atom. The third-order valence-corrected chi connectivity index (χ3v) is 3.86. The maximum absolute atomic E-state index is 6.16. The molecule has 2 heterocycles. The summed E-state index contributed by atoms with van der Waals surface area (Å²) in [6.45, 7) is 7.80. The maximum Gasteiger partial charge on any atom is 0.122 e. The summed E-state index contributed by atoms with van der Waals surface area (Å²) in [6, 6.07) is 4.88. The lowest BCUT2D eigenvalue weighted by Crippen LogP contribution is -2.48. The van der Waals surface area contributed by atoms with E-state index in [4.69, 9.17) is 10.2 Å². The van der Waals surface area contributed by atoms with Crippen molar-refractivity contribution < 1.29 is 4.42 Å². The van der Waals surface area contributed by atoms with Crippen molar-refractivity contribution in [1.29, 1.82) is 0 Å². The van der Waals surface area contributed by atoms with Crippen molar-refractivity contribution in [2.45, 2.75) is 51.7 Å². The van der Waals surface area contributed by atoms with E-state index in [0.29, 0.717) is 6.04 Å². The van der Waals surface area contributed by atoms with Gasteiger partial charge in [-0.05, 0) is 44.7 Å². The summed E-state index contributed by atoms with van der Waals surface area (Å²) in [5, 5.41) is 0. The molecular formula is C14H24N2O.